The van der Waals surface area contributed by atoms with Gasteiger partial charge in [0.15, 0.2) is 6.10 Å². The maximum Gasteiger partial charge on any atom is 0.339 e. The monoisotopic (exact) mass is 331 g/mol. The number of esters is 1. The molecular formula is C21H17NO3. The summed E-state index contributed by atoms with van der Waals surface area (Å²) in [5.41, 5.74) is 2.55. The maximum atomic E-state index is 12.9. The van der Waals surface area contributed by atoms with E-state index in [0.29, 0.717) is 16.7 Å². The maximum absolute atomic E-state index is 12.9. The lowest BCUT2D eigenvalue weighted by atomic mass is 9.99. The molecule has 124 valence electrons. The zero-order valence-electron chi connectivity index (χ0n) is 13.8. The van der Waals surface area contributed by atoms with E-state index in [9.17, 15) is 9.59 Å². The number of hydrogen-bond donors (Lipinski definition) is 0. The van der Waals surface area contributed by atoms with Crippen molar-refractivity contribution in [3.63, 3.8) is 0 Å². The van der Waals surface area contributed by atoms with E-state index in [0.717, 1.165) is 5.56 Å². The van der Waals surface area contributed by atoms with E-state index in [1.807, 2.05) is 37.3 Å². The van der Waals surface area contributed by atoms with E-state index < -0.39 is 12.1 Å². The van der Waals surface area contributed by atoms with Crippen LogP contribution < -0.4 is 0 Å². The first-order valence-corrected chi connectivity index (χ1v) is 7.92. The highest BCUT2D eigenvalue weighted by atomic mass is 16.5. The number of carbonyl (C=O) groups is 2. The van der Waals surface area contributed by atoms with Crippen molar-refractivity contribution in [2.45, 2.75) is 13.0 Å². The molecule has 4 nitrogen and oxygen atoms in total. The van der Waals surface area contributed by atoms with Crippen LogP contribution in [0.25, 0.3) is 0 Å². The number of rotatable bonds is 5. The number of ketones is 1. The summed E-state index contributed by atoms with van der Waals surface area (Å²) >= 11 is 0. The molecule has 3 rings (SSSR count). The van der Waals surface area contributed by atoms with Gasteiger partial charge < -0.3 is 4.74 Å². The molecule has 4 heteroatoms. The molecule has 0 saturated carbocycles. The van der Waals surface area contributed by atoms with Crippen molar-refractivity contribution >= 4 is 11.8 Å². The number of aromatic nitrogens is 1. The summed E-state index contributed by atoms with van der Waals surface area (Å²) in [6, 6.07) is 19.3. The molecule has 0 unspecified atom stereocenters. The third kappa shape index (κ3) is 3.98. The van der Waals surface area contributed by atoms with Crippen molar-refractivity contribution in [3.8, 4) is 0 Å². The minimum absolute atomic E-state index is 0.256. The Kier molecular flexibility index (Phi) is 5.00. The van der Waals surface area contributed by atoms with Crippen LogP contribution in [0.2, 0.25) is 0 Å². The largest absolute Gasteiger partial charge is 0.445 e. The smallest absolute Gasteiger partial charge is 0.339 e. The van der Waals surface area contributed by atoms with E-state index >= 15 is 0 Å². The van der Waals surface area contributed by atoms with Crippen LogP contribution in [0.3, 0.4) is 0 Å². The van der Waals surface area contributed by atoms with Gasteiger partial charge >= 0.3 is 5.97 Å². The fourth-order valence-corrected chi connectivity index (χ4v) is 2.43. The van der Waals surface area contributed by atoms with Crippen LogP contribution in [0.5, 0.6) is 0 Å². The number of benzene rings is 2. The Bertz CT molecular complexity index is 859. The lowest BCUT2D eigenvalue weighted by Gasteiger charge is -2.17. The number of aryl methyl sites for hydroxylation is 1. The molecule has 0 amide bonds. The summed E-state index contributed by atoms with van der Waals surface area (Å²) in [6.45, 7) is 1.95. The summed E-state index contributed by atoms with van der Waals surface area (Å²) in [7, 11) is 0. The highest BCUT2D eigenvalue weighted by Crippen LogP contribution is 2.24. The lowest BCUT2D eigenvalue weighted by molar-refractivity contribution is 0.0280. The first-order valence-electron chi connectivity index (χ1n) is 7.92. The van der Waals surface area contributed by atoms with Crippen molar-refractivity contribution < 1.29 is 14.3 Å². The standard InChI is InChI=1S/C21H17NO3/c1-15-7-9-16(10-8-15)19(23)20(17-5-3-2-4-6-17)25-21(24)18-11-13-22-14-12-18/h2-14,20H,1H3/t20-/m1/s1. The molecule has 0 aliphatic carbocycles. The molecule has 0 aliphatic rings. The molecule has 0 saturated heterocycles. The van der Waals surface area contributed by atoms with Crippen LogP contribution in [0.15, 0.2) is 79.1 Å². The zero-order chi connectivity index (χ0) is 17.6. The topological polar surface area (TPSA) is 56.3 Å². The first-order chi connectivity index (χ1) is 12.1. The molecule has 1 atom stereocenters. The number of carbonyl (C=O) groups excluding carboxylic acids is 2. The molecule has 25 heavy (non-hydrogen) atoms. The predicted molar refractivity (Wildman–Crippen MR) is 94.3 cm³/mol. The van der Waals surface area contributed by atoms with Crippen molar-refractivity contribution in [3.05, 3.63) is 101 Å². The van der Waals surface area contributed by atoms with Crippen molar-refractivity contribution in [2.24, 2.45) is 0 Å². The SMILES string of the molecule is Cc1ccc(C(=O)[C@H](OC(=O)c2ccncc2)c2ccccc2)cc1. The molecule has 0 bridgehead atoms. The van der Waals surface area contributed by atoms with E-state index in [-0.39, 0.29) is 5.78 Å². The summed E-state index contributed by atoms with van der Waals surface area (Å²) in [6.07, 6.45) is 2.02. The summed E-state index contributed by atoms with van der Waals surface area (Å²) < 4.78 is 5.55. The van der Waals surface area contributed by atoms with Crippen LogP contribution in [0.1, 0.15) is 37.9 Å². The van der Waals surface area contributed by atoms with Gasteiger partial charge in [0, 0.05) is 23.5 Å². The Morgan fingerprint density at radius 3 is 2.12 bits per heavy atom. The Labute approximate surface area is 146 Å². The Morgan fingerprint density at radius 2 is 1.48 bits per heavy atom. The predicted octanol–water partition coefficient (Wildman–Crippen LogP) is 4.17. The van der Waals surface area contributed by atoms with Gasteiger partial charge in [-0.3, -0.25) is 9.78 Å². The van der Waals surface area contributed by atoms with E-state index in [4.69, 9.17) is 4.74 Å². The van der Waals surface area contributed by atoms with E-state index in [1.165, 1.54) is 12.4 Å². The van der Waals surface area contributed by atoms with Crippen LogP contribution in [0, 0.1) is 6.92 Å². The number of pyridine rings is 1. The number of nitrogens with zero attached hydrogens (tertiary/aromatic N) is 1. The summed E-state index contributed by atoms with van der Waals surface area (Å²) in [5.74, 6) is -0.815. The minimum Gasteiger partial charge on any atom is -0.445 e. The molecular weight excluding hydrogens is 314 g/mol. The van der Waals surface area contributed by atoms with Crippen LogP contribution in [0.4, 0.5) is 0 Å². The van der Waals surface area contributed by atoms with Gasteiger partial charge in [-0.1, -0.05) is 60.2 Å². The van der Waals surface area contributed by atoms with Crippen LogP contribution >= 0.6 is 0 Å². The van der Waals surface area contributed by atoms with E-state index in [2.05, 4.69) is 4.98 Å². The molecule has 1 aromatic heterocycles. The van der Waals surface area contributed by atoms with Gasteiger partial charge in [-0.2, -0.15) is 0 Å². The molecule has 0 spiro atoms. The molecule has 2 aromatic carbocycles. The molecule has 0 fully saturated rings. The molecule has 1 heterocycles. The van der Waals surface area contributed by atoms with Gasteiger partial charge in [-0.05, 0) is 19.1 Å². The van der Waals surface area contributed by atoms with Gasteiger partial charge in [-0.15, -0.1) is 0 Å². The first kappa shape index (κ1) is 16.6. The second-order valence-corrected chi connectivity index (χ2v) is 5.66. The Morgan fingerprint density at radius 1 is 0.840 bits per heavy atom. The number of Topliss-reactive ketones (excluding diaryl/α,β-unsaturated/α-hetero) is 1. The third-order valence-electron chi connectivity index (χ3n) is 3.82. The van der Waals surface area contributed by atoms with Gasteiger partial charge in [0.1, 0.15) is 0 Å². The minimum atomic E-state index is -0.996. The Balaban J connectivity index is 1.91. The fourth-order valence-electron chi connectivity index (χ4n) is 2.43. The average molecular weight is 331 g/mol. The molecule has 0 aliphatic heterocycles. The molecule has 0 radical (unpaired) electrons. The molecule has 0 N–H and O–H groups in total. The summed E-state index contributed by atoms with van der Waals surface area (Å²) in [4.78, 5) is 29.2. The highest BCUT2D eigenvalue weighted by Gasteiger charge is 2.26. The number of ether oxygens (including phenoxy) is 1. The van der Waals surface area contributed by atoms with Gasteiger partial charge in [0.25, 0.3) is 0 Å². The van der Waals surface area contributed by atoms with Crippen molar-refractivity contribution in [1.29, 1.82) is 0 Å². The summed E-state index contributed by atoms with van der Waals surface area (Å²) in [5, 5.41) is 0. The third-order valence-corrected chi connectivity index (χ3v) is 3.82. The second kappa shape index (κ2) is 7.53. The van der Waals surface area contributed by atoms with Gasteiger partial charge in [0.2, 0.25) is 5.78 Å². The zero-order valence-corrected chi connectivity index (χ0v) is 13.8. The molecule has 3 aromatic rings. The lowest BCUT2D eigenvalue weighted by Crippen LogP contribution is -2.20. The second-order valence-electron chi connectivity index (χ2n) is 5.66. The average Bonchev–Trinajstić information content (AvgIpc) is 2.67. The van der Waals surface area contributed by atoms with Crippen LogP contribution in [-0.2, 0) is 4.74 Å². The fraction of sp³-hybridized carbons (Fsp3) is 0.0952. The van der Waals surface area contributed by atoms with Crippen molar-refractivity contribution in [2.75, 3.05) is 0 Å². The van der Waals surface area contributed by atoms with Crippen molar-refractivity contribution in [1.82, 2.24) is 4.98 Å². The number of hydrogen-bond acceptors (Lipinski definition) is 4. The Hall–Kier alpha value is -3.27. The van der Waals surface area contributed by atoms with Gasteiger partial charge in [-0.25, -0.2) is 4.79 Å². The van der Waals surface area contributed by atoms with E-state index in [1.54, 1.807) is 36.4 Å². The van der Waals surface area contributed by atoms with Crippen LogP contribution in [-0.4, -0.2) is 16.7 Å². The normalized spacial score (nSPS) is 11.6. The quantitative estimate of drug-likeness (QED) is 0.520. The van der Waals surface area contributed by atoms with Gasteiger partial charge in [0.05, 0.1) is 5.56 Å². The highest BCUT2D eigenvalue weighted by molar-refractivity contribution is 6.02.